The second kappa shape index (κ2) is 9.47. The van der Waals surface area contributed by atoms with Crippen molar-refractivity contribution in [3.8, 4) is 0 Å². The Hall–Kier alpha value is -2.93. The quantitative estimate of drug-likeness (QED) is 0.676. The first-order valence-corrected chi connectivity index (χ1v) is 11.2. The van der Waals surface area contributed by atoms with Gasteiger partial charge in [0.25, 0.3) is 0 Å². The first kappa shape index (κ1) is 21.3. The van der Waals surface area contributed by atoms with E-state index in [1.165, 1.54) is 0 Å². The summed E-state index contributed by atoms with van der Waals surface area (Å²) in [5.74, 6) is 0.441. The molecule has 4 rings (SSSR count). The van der Waals surface area contributed by atoms with Gasteiger partial charge in [-0.1, -0.05) is 24.3 Å². The topological polar surface area (TPSA) is 64.7 Å². The number of amides is 2. The largest absolute Gasteiger partial charge is 0.358 e. The van der Waals surface area contributed by atoms with Gasteiger partial charge < -0.3 is 20.4 Å². The maximum atomic E-state index is 12.0. The van der Waals surface area contributed by atoms with Gasteiger partial charge in [-0.05, 0) is 66.9 Å². The van der Waals surface area contributed by atoms with E-state index in [9.17, 15) is 9.59 Å². The van der Waals surface area contributed by atoms with E-state index in [-0.39, 0.29) is 11.8 Å². The fraction of sp³-hybridized carbons (Fsp3) is 0.375. The number of benzene rings is 2. The van der Waals surface area contributed by atoms with Crippen molar-refractivity contribution in [1.29, 1.82) is 0 Å². The van der Waals surface area contributed by atoms with Crippen LogP contribution in [0.5, 0.6) is 0 Å². The normalized spacial score (nSPS) is 16.2. The number of carbonyl (C=O) groups is 2. The van der Waals surface area contributed by atoms with E-state index in [2.05, 4.69) is 34.9 Å². The number of hydrogen-bond acceptors (Lipinski definition) is 3. The van der Waals surface area contributed by atoms with Gasteiger partial charge in [0, 0.05) is 50.4 Å². The molecule has 0 radical (unpaired) electrons. The molecule has 0 aliphatic carbocycles. The molecule has 0 spiro atoms. The minimum Gasteiger partial charge on any atom is -0.358 e. The van der Waals surface area contributed by atoms with Crippen LogP contribution in [0, 0.1) is 6.92 Å². The Morgan fingerprint density at radius 2 is 1.68 bits per heavy atom. The number of carbonyl (C=O) groups excluding carboxylic acids is 2. The molecule has 7 heteroatoms. The number of anilines is 2. The smallest absolute Gasteiger partial charge is 0.227 e. The van der Waals surface area contributed by atoms with Gasteiger partial charge in [0.15, 0.2) is 5.11 Å². The molecule has 2 aromatic carbocycles. The third-order valence-electron chi connectivity index (χ3n) is 5.84. The summed E-state index contributed by atoms with van der Waals surface area (Å²) in [6, 6.07) is 14.2. The summed E-state index contributed by atoms with van der Waals surface area (Å²) in [4.78, 5) is 27.5. The lowest BCUT2D eigenvalue weighted by atomic mass is 10.1. The predicted molar refractivity (Wildman–Crippen MR) is 127 cm³/mol. The van der Waals surface area contributed by atoms with E-state index in [0.29, 0.717) is 31.0 Å². The molecule has 2 N–H and O–H groups in total. The molecule has 162 valence electrons. The van der Waals surface area contributed by atoms with E-state index >= 15 is 0 Å². The molecule has 2 fully saturated rings. The molecule has 2 aliphatic rings. The number of nitrogens with zero attached hydrogens (tertiary/aromatic N) is 2. The van der Waals surface area contributed by atoms with Crippen molar-refractivity contribution in [3.05, 3.63) is 59.2 Å². The Balaban J connectivity index is 1.27. The predicted octanol–water partition coefficient (Wildman–Crippen LogP) is 3.73. The van der Waals surface area contributed by atoms with Gasteiger partial charge in [-0.2, -0.15) is 0 Å². The van der Waals surface area contributed by atoms with Crippen molar-refractivity contribution in [2.24, 2.45) is 0 Å². The van der Waals surface area contributed by atoms with Crippen LogP contribution in [0.3, 0.4) is 0 Å². The number of hydrogen-bond donors (Lipinski definition) is 2. The lowest BCUT2D eigenvalue weighted by molar-refractivity contribution is -0.128. The molecule has 2 saturated heterocycles. The highest BCUT2D eigenvalue weighted by molar-refractivity contribution is 7.80. The Labute approximate surface area is 188 Å². The Morgan fingerprint density at radius 3 is 2.32 bits per heavy atom. The van der Waals surface area contributed by atoms with E-state index in [4.69, 9.17) is 12.2 Å². The van der Waals surface area contributed by atoms with Crippen LogP contribution in [-0.4, -0.2) is 34.9 Å². The van der Waals surface area contributed by atoms with Crippen molar-refractivity contribution in [1.82, 2.24) is 10.2 Å². The maximum Gasteiger partial charge on any atom is 0.227 e. The first-order chi connectivity index (χ1) is 15.0. The highest BCUT2D eigenvalue weighted by atomic mass is 32.1. The molecule has 2 aliphatic heterocycles. The summed E-state index contributed by atoms with van der Waals surface area (Å²) < 4.78 is 0. The first-order valence-electron chi connectivity index (χ1n) is 10.8. The summed E-state index contributed by atoms with van der Waals surface area (Å²) in [5, 5.41) is 7.01. The molecular weight excluding hydrogens is 408 g/mol. The molecule has 0 saturated carbocycles. The van der Waals surface area contributed by atoms with Crippen molar-refractivity contribution in [2.75, 3.05) is 23.3 Å². The van der Waals surface area contributed by atoms with Gasteiger partial charge >= 0.3 is 0 Å². The number of thiocarbonyl (C=S) groups is 1. The average Bonchev–Trinajstić information content (AvgIpc) is 3.36. The lowest BCUT2D eigenvalue weighted by Crippen LogP contribution is -2.28. The summed E-state index contributed by atoms with van der Waals surface area (Å²) >= 11 is 5.44. The number of nitrogens with one attached hydrogen (secondary N) is 2. The van der Waals surface area contributed by atoms with Crippen molar-refractivity contribution < 1.29 is 9.59 Å². The molecule has 31 heavy (non-hydrogen) atoms. The van der Waals surface area contributed by atoms with Crippen LogP contribution in [0.25, 0.3) is 0 Å². The second-order valence-electron chi connectivity index (χ2n) is 8.19. The Morgan fingerprint density at radius 1 is 0.968 bits per heavy atom. The number of aryl methyl sites for hydroxylation is 1. The van der Waals surface area contributed by atoms with Gasteiger partial charge in [0.05, 0.1) is 0 Å². The molecule has 0 atom stereocenters. The molecular formula is C24H28N4O2S. The van der Waals surface area contributed by atoms with Crippen molar-refractivity contribution in [3.63, 3.8) is 0 Å². The van der Waals surface area contributed by atoms with Gasteiger partial charge in [-0.3, -0.25) is 9.59 Å². The minimum atomic E-state index is 0.194. The fourth-order valence-electron chi connectivity index (χ4n) is 4.15. The van der Waals surface area contributed by atoms with Crippen molar-refractivity contribution >= 4 is 40.5 Å². The highest BCUT2D eigenvalue weighted by Crippen LogP contribution is 2.27. The molecule has 0 bridgehead atoms. The third kappa shape index (κ3) is 5.22. The lowest BCUT2D eigenvalue weighted by Gasteiger charge is -2.19. The molecule has 0 aromatic heterocycles. The molecule has 0 unspecified atom stereocenters. The van der Waals surface area contributed by atoms with Crippen LogP contribution in [0.2, 0.25) is 0 Å². The Kier molecular flexibility index (Phi) is 6.51. The summed E-state index contributed by atoms with van der Waals surface area (Å²) in [7, 11) is 0. The second-order valence-corrected chi connectivity index (χ2v) is 8.60. The van der Waals surface area contributed by atoms with Crippen LogP contribution >= 0.6 is 12.2 Å². The van der Waals surface area contributed by atoms with Crippen LogP contribution in [0.15, 0.2) is 42.5 Å². The van der Waals surface area contributed by atoms with Crippen LogP contribution in [0.4, 0.5) is 11.4 Å². The van der Waals surface area contributed by atoms with E-state index in [1.54, 1.807) is 0 Å². The molecule has 2 aromatic rings. The average molecular weight is 437 g/mol. The fourth-order valence-corrected chi connectivity index (χ4v) is 4.34. The van der Waals surface area contributed by atoms with Gasteiger partial charge in [-0.25, -0.2) is 0 Å². The summed E-state index contributed by atoms with van der Waals surface area (Å²) in [5.41, 5.74) is 5.19. The van der Waals surface area contributed by atoms with Crippen LogP contribution in [-0.2, 0) is 22.7 Å². The maximum absolute atomic E-state index is 12.0. The zero-order chi connectivity index (χ0) is 21.8. The van der Waals surface area contributed by atoms with Gasteiger partial charge in [0.1, 0.15) is 0 Å². The van der Waals surface area contributed by atoms with Gasteiger partial charge in [0.2, 0.25) is 11.8 Å². The van der Waals surface area contributed by atoms with Crippen molar-refractivity contribution in [2.45, 2.75) is 45.7 Å². The van der Waals surface area contributed by atoms with E-state index in [0.717, 1.165) is 54.0 Å². The number of likely N-dealkylation sites (tertiary alicyclic amines) is 1. The zero-order valence-corrected chi connectivity index (χ0v) is 18.6. The monoisotopic (exact) mass is 436 g/mol. The molecule has 2 amide bonds. The van der Waals surface area contributed by atoms with Crippen LogP contribution < -0.4 is 15.5 Å². The van der Waals surface area contributed by atoms with E-state index in [1.807, 2.05) is 34.9 Å². The number of rotatable bonds is 6. The zero-order valence-electron chi connectivity index (χ0n) is 17.8. The standard InChI is InChI=1S/C24H28N4O2S/c1-17-14-20(10-11-21(17)28-13-3-5-23(28)30)26-24(31)25-15-18-6-8-19(9-7-18)16-27-12-2-4-22(27)29/h6-11,14H,2-5,12-13,15-16H2,1H3,(H2,25,26,31). The van der Waals surface area contributed by atoms with Crippen LogP contribution in [0.1, 0.15) is 42.4 Å². The highest BCUT2D eigenvalue weighted by Gasteiger charge is 2.23. The molecule has 2 heterocycles. The summed E-state index contributed by atoms with van der Waals surface area (Å²) in [6.45, 7) is 4.97. The Bertz CT molecular complexity index is 990. The van der Waals surface area contributed by atoms with Gasteiger partial charge in [-0.15, -0.1) is 0 Å². The minimum absolute atomic E-state index is 0.194. The van der Waals surface area contributed by atoms with E-state index < -0.39 is 0 Å². The third-order valence-corrected chi connectivity index (χ3v) is 6.09. The molecule has 6 nitrogen and oxygen atoms in total. The SMILES string of the molecule is Cc1cc(NC(=S)NCc2ccc(CN3CCCC3=O)cc2)ccc1N1CCCC1=O. The summed E-state index contributed by atoms with van der Waals surface area (Å²) in [6.07, 6.45) is 3.18.